The van der Waals surface area contributed by atoms with Crippen molar-refractivity contribution in [2.24, 2.45) is 5.92 Å². The van der Waals surface area contributed by atoms with Crippen LogP contribution >= 0.6 is 0 Å². The number of hydrogen-bond acceptors (Lipinski definition) is 7. The van der Waals surface area contributed by atoms with Gasteiger partial charge in [-0.15, -0.1) is 0 Å². The molecule has 0 saturated carbocycles. The van der Waals surface area contributed by atoms with Crippen molar-refractivity contribution in [3.63, 3.8) is 0 Å². The second-order valence-electron chi connectivity index (χ2n) is 8.52. The first-order chi connectivity index (χ1) is 12.5. The summed E-state index contributed by atoms with van der Waals surface area (Å²) in [6.45, 7) is 11.1. The first kappa shape index (κ1) is 18.7. The van der Waals surface area contributed by atoms with Crippen LogP contribution in [-0.4, -0.2) is 58.8 Å². The number of rotatable bonds is 2. The fourth-order valence-electron chi connectivity index (χ4n) is 4.15. The van der Waals surface area contributed by atoms with Crippen molar-refractivity contribution in [2.75, 3.05) is 0 Å². The number of epoxide rings is 2. The van der Waals surface area contributed by atoms with Crippen LogP contribution in [0.4, 0.5) is 0 Å². The van der Waals surface area contributed by atoms with E-state index in [0.717, 1.165) is 0 Å². The van der Waals surface area contributed by atoms with Gasteiger partial charge < -0.3 is 24.1 Å². The van der Waals surface area contributed by atoms with E-state index in [9.17, 15) is 14.7 Å². The molecule has 0 bridgehead atoms. The summed E-state index contributed by atoms with van der Waals surface area (Å²) >= 11 is 0. The standard InChI is InChI=1S/C20H26O7/c1-9-6-13-16(10(2)17(22)24-13)14(25-18(23)20(5)11(3)26-20)8-19(4)15(27-19)7-12(9)21/h6,11-16,21H,2,7-8H2,1,3-5H3/b9-6-/t11-,12-,13+,14+,15+,16-,19+,20+/m0/s1. The van der Waals surface area contributed by atoms with Gasteiger partial charge in [0.05, 0.1) is 29.8 Å². The normalized spacial score (nSPS) is 50.6. The Morgan fingerprint density at radius 1 is 1.37 bits per heavy atom. The zero-order valence-electron chi connectivity index (χ0n) is 16.1. The molecule has 3 saturated heterocycles. The number of esters is 2. The molecule has 27 heavy (non-hydrogen) atoms. The minimum atomic E-state index is -0.956. The van der Waals surface area contributed by atoms with Gasteiger partial charge in [0.1, 0.15) is 12.2 Å². The molecule has 0 unspecified atom stereocenters. The molecule has 7 nitrogen and oxygen atoms in total. The molecule has 7 heteroatoms. The highest BCUT2D eigenvalue weighted by molar-refractivity contribution is 5.91. The summed E-state index contributed by atoms with van der Waals surface area (Å²) in [6, 6.07) is 0. The lowest BCUT2D eigenvalue weighted by Gasteiger charge is -2.29. The summed E-state index contributed by atoms with van der Waals surface area (Å²) < 4.78 is 22.5. The van der Waals surface area contributed by atoms with E-state index in [-0.39, 0.29) is 17.8 Å². The molecular weight excluding hydrogens is 352 g/mol. The number of hydrogen-bond donors (Lipinski definition) is 1. The second kappa shape index (κ2) is 5.90. The Bertz CT molecular complexity index is 743. The van der Waals surface area contributed by atoms with E-state index < -0.39 is 47.4 Å². The number of aliphatic hydroxyl groups is 1. The maximum absolute atomic E-state index is 12.7. The minimum absolute atomic E-state index is 0.133. The Morgan fingerprint density at radius 2 is 2.04 bits per heavy atom. The molecule has 1 N–H and O–H groups in total. The number of aliphatic hydroxyl groups excluding tert-OH is 1. The van der Waals surface area contributed by atoms with Crippen LogP contribution in [-0.2, 0) is 28.5 Å². The van der Waals surface area contributed by atoms with Crippen LogP contribution in [0.3, 0.4) is 0 Å². The van der Waals surface area contributed by atoms with Gasteiger partial charge in [0, 0.05) is 18.4 Å². The third-order valence-corrected chi connectivity index (χ3v) is 6.50. The van der Waals surface area contributed by atoms with Gasteiger partial charge in [0.25, 0.3) is 0 Å². The van der Waals surface area contributed by atoms with Crippen LogP contribution in [0.2, 0.25) is 0 Å². The van der Waals surface area contributed by atoms with E-state index in [2.05, 4.69) is 6.58 Å². The Labute approximate surface area is 158 Å². The lowest BCUT2D eigenvalue weighted by Crippen LogP contribution is -2.40. The molecule has 0 aromatic rings. The number of ether oxygens (including phenoxy) is 4. The minimum Gasteiger partial charge on any atom is -0.459 e. The van der Waals surface area contributed by atoms with Crippen LogP contribution in [0.15, 0.2) is 23.8 Å². The largest absolute Gasteiger partial charge is 0.459 e. The van der Waals surface area contributed by atoms with Crippen molar-refractivity contribution < 1.29 is 33.6 Å². The fraction of sp³-hybridized carbons (Fsp3) is 0.700. The van der Waals surface area contributed by atoms with Gasteiger partial charge >= 0.3 is 11.9 Å². The second-order valence-corrected chi connectivity index (χ2v) is 8.52. The highest BCUT2D eigenvalue weighted by Gasteiger charge is 2.61. The summed E-state index contributed by atoms with van der Waals surface area (Å²) in [6.07, 6.45) is 0.284. The third-order valence-electron chi connectivity index (χ3n) is 6.50. The predicted octanol–water partition coefficient (Wildman–Crippen LogP) is 1.43. The van der Waals surface area contributed by atoms with Crippen LogP contribution < -0.4 is 0 Å². The highest BCUT2D eigenvalue weighted by atomic mass is 16.7. The molecule has 3 aliphatic heterocycles. The van der Waals surface area contributed by atoms with Crippen molar-refractivity contribution in [1.29, 1.82) is 0 Å². The highest BCUT2D eigenvalue weighted by Crippen LogP contribution is 2.48. The van der Waals surface area contributed by atoms with E-state index in [1.54, 1.807) is 19.9 Å². The van der Waals surface area contributed by atoms with E-state index in [0.29, 0.717) is 18.4 Å². The maximum Gasteiger partial charge on any atom is 0.341 e. The Balaban J connectivity index is 1.67. The molecule has 0 aromatic heterocycles. The Kier molecular flexibility index (Phi) is 4.07. The van der Waals surface area contributed by atoms with E-state index >= 15 is 0 Å². The topological polar surface area (TPSA) is 97.9 Å². The molecule has 0 radical (unpaired) electrons. The quantitative estimate of drug-likeness (QED) is 0.336. The van der Waals surface area contributed by atoms with Crippen molar-refractivity contribution in [3.8, 4) is 0 Å². The first-order valence-corrected chi connectivity index (χ1v) is 9.38. The van der Waals surface area contributed by atoms with Gasteiger partial charge in [0.2, 0.25) is 0 Å². The summed E-state index contributed by atoms with van der Waals surface area (Å²) in [5.74, 6) is -1.49. The maximum atomic E-state index is 12.7. The average Bonchev–Trinajstić information content (AvgIpc) is 3.37. The summed E-state index contributed by atoms with van der Waals surface area (Å²) in [5.41, 5.74) is -0.518. The number of carbonyl (C=O) groups excluding carboxylic acids is 2. The van der Waals surface area contributed by atoms with Gasteiger partial charge in [-0.2, -0.15) is 0 Å². The van der Waals surface area contributed by atoms with Crippen LogP contribution in [0.25, 0.3) is 0 Å². The Morgan fingerprint density at radius 3 is 2.67 bits per heavy atom. The fourth-order valence-corrected chi connectivity index (χ4v) is 4.15. The van der Waals surface area contributed by atoms with Gasteiger partial charge in [-0.3, -0.25) is 0 Å². The SMILES string of the molecule is C=C1C(=O)O[C@@H]2/C=C(/C)[C@@H](O)C[C@H]3O[C@]3(C)C[C@@H](OC(=O)[C@]3(C)O[C@H]3C)[C@@H]12. The van der Waals surface area contributed by atoms with Gasteiger partial charge in [-0.1, -0.05) is 6.58 Å². The molecule has 4 aliphatic rings. The number of carbonyl (C=O) groups is 2. The Hall–Kier alpha value is -1.70. The molecule has 1 aliphatic carbocycles. The lowest BCUT2D eigenvalue weighted by atomic mass is 9.82. The van der Waals surface area contributed by atoms with E-state index in [1.807, 2.05) is 13.8 Å². The third kappa shape index (κ3) is 3.02. The summed E-state index contributed by atoms with van der Waals surface area (Å²) in [4.78, 5) is 24.9. The zero-order chi connectivity index (χ0) is 19.7. The molecule has 3 heterocycles. The molecule has 0 aromatic carbocycles. The van der Waals surface area contributed by atoms with E-state index in [1.165, 1.54) is 0 Å². The molecule has 3 fully saturated rings. The van der Waals surface area contributed by atoms with Crippen molar-refractivity contribution in [2.45, 2.75) is 82.3 Å². The zero-order valence-corrected chi connectivity index (χ0v) is 16.1. The predicted molar refractivity (Wildman–Crippen MR) is 93.6 cm³/mol. The molecule has 148 valence electrons. The van der Waals surface area contributed by atoms with Crippen molar-refractivity contribution in [1.82, 2.24) is 0 Å². The molecule has 8 atom stereocenters. The van der Waals surface area contributed by atoms with E-state index in [4.69, 9.17) is 18.9 Å². The molecule has 0 amide bonds. The average molecular weight is 378 g/mol. The van der Waals surface area contributed by atoms with Gasteiger partial charge in [0.15, 0.2) is 5.60 Å². The molecular formula is C20H26O7. The molecule has 4 rings (SSSR count). The number of fused-ring (bicyclic) bond motifs is 2. The van der Waals surface area contributed by atoms with Crippen LogP contribution in [0.5, 0.6) is 0 Å². The van der Waals surface area contributed by atoms with Gasteiger partial charge in [-0.05, 0) is 39.3 Å². The first-order valence-electron chi connectivity index (χ1n) is 9.38. The smallest absolute Gasteiger partial charge is 0.341 e. The van der Waals surface area contributed by atoms with Gasteiger partial charge in [-0.25, -0.2) is 9.59 Å². The van der Waals surface area contributed by atoms with Crippen LogP contribution in [0, 0.1) is 5.92 Å². The van der Waals surface area contributed by atoms with Crippen molar-refractivity contribution >= 4 is 11.9 Å². The summed E-state index contributed by atoms with van der Waals surface area (Å²) in [5, 5.41) is 10.4. The lowest BCUT2D eigenvalue weighted by molar-refractivity contribution is -0.159. The van der Waals surface area contributed by atoms with Crippen LogP contribution in [0.1, 0.15) is 40.5 Å². The molecule has 0 spiro atoms. The summed E-state index contributed by atoms with van der Waals surface area (Å²) in [7, 11) is 0. The van der Waals surface area contributed by atoms with Crippen molar-refractivity contribution in [3.05, 3.63) is 23.8 Å². The monoisotopic (exact) mass is 378 g/mol.